The highest BCUT2D eigenvalue weighted by molar-refractivity contribution is 5.11. The molecular formula is C12H20N4O. The van der Waals surface area contributed by atoms with E-state index in [2.05, 4.69) is 34.3 Å². The number of aromatic nitrogens is 3. The highest BCUT2D eigenvalue weighted by Crippen LogP contribution is 2.12. The van der Waals surface area contributed by atoms with Crippen molar-refractivity contribution in [2.24, 2.45) is 5.92 Å². The third-order valence-corrected chi connectivity index (χ3v) is 3.10. The zero-order valence-corrected chi connectivity index (χ0v) is 10.6. The van der Waals surface area contributed by atoms with E-state index >= 15 is 0 Å². The van der Waals surface area contributed by atoms with Crippen molar-refractivity contribution >= 4 is 0 Å². The van der Waals surface area contributed by atoms with Crippen LogP contribution in [0.3, 0.4) is 0 Å². The Bertz CT molecular complexity index is 364. The molecule has 1 aromatic heterocycles. The maximum Gasteiger partial charge on any atom is 0.335 e. The minimum Gasteiger partial charge on any atom is -0.462 e. The monoisotopic (exact) mass is 236 g/mol. The fourth-order valence-corrected chi connectivity index (χ4v) is 2.03. The van der Waals surface area contributed by atoms with Crippen molar-refractivity contribution in [3.05, 3.63) is 11.4 Å². The molecule has 1 atom stereocenters. The molecule has 94 valence electrons. The van der Waals surface area contributed by atoms with Crippen molar-refractivity contribution in [3.63, 3.8) is 0 Å². The van der Waals surface area contributed by atoms with Crippen LogP contribution in [0.5, 0.6) is 6.01 Å². The molecule has 0 aliphatic carbocycles. The maximum absolute atomic E-state index is 5.61. The Kier molecular flexibility index (Phi) is 4.25. The number of nitrogens with one attached hydrogen (secondary N) is 1. The van der Waals surface area contributed by atoms with Gasteiger partial charge in [-0.3, -0.25) is 0 Å². The predicted octanol–water partition coefficient (Wildman–Crippen LogP) is 0.985. The van der Waals surface area contributed by atoms with Crippen LogP contribution >= 0.6 is 0 Å². The quantitative estimate of drug-likeness (QED) is 0.826. The molecule has 1 aromatic rings. The smallest absolute Gasteiger partial charge is 0.335 e. The molecule has 1 aliphatic heterocycles. The van der Waals surface area contributed by atoms with E-state index in [1.54, 1.807) is 0 Å². The molecular weight excluding hydrogens is 216 g/mol. The van der Waals surface area contributed by atoms with Crippen molar-refractivity contribution < 1.29 is 4.74 Å². The summed E-state index contributed by atoms with van der Waals surface area (Å²) in [4.78, 5) is 4.41. The largest absolute Gasteiger partial charge is 0.462 e. The topological polar surface area (TPSA) is 59.9 Å². The molecule has 0 amide bonds. The van der Waals surface area contributed by atoms with Crippen molar-refractivity contribution in [1.82, 2.24) is 20.5 Å². The van der Waals surface area contributed by atoms with Crippen LogP contribution in [0, 0.1) is 5.92 Å². The second-order valence-corrected chi connectivity index (χ2v) is 4.36. The standard InChI is InChI=1S/C12H20N4O/c1-3-10-11(4-2)15-16-12(14-10)17-8-9-5-6-13-7-9/h9,13H,3-8H2,1-2H3. The molecule has 1 aliphatic rings. The predicted molar refractivity (Wildman–Crippen MR) is 65.1 cm³/mol. The molecule has 1 fully saturated rings. The van der Waals surface area contributed by atoms with E-state index in [9.17, 15) is 0 Å². The van der Waals surface area contributed by atoms with E-state index in [1.165, 1.54) is 6.42 Å². The first-order chi connectivity index (χ1) is 8.33. The van der Waals surface area contributed by atoms with Crippen molar-refractivity contribution in [2.45, 2.75) is 33.1 Å². The summed E-state index contributed by atoms with van der Waals surface area (Å²) < 4.78 is 5.61. The van der Waals surface area contributed by atoms with Gasteiger partial charge in [-0.15, -0.1) is 5.10 Å². The summed E-state index contributed by atoms with van der Waals surface area (Å²) in [5, 5.41) is 11.5. The highest BCUT2D eigenvalue weighted by atomic mass is 16.5. The SMILES string of the molecule is CCc1nnc(OCC2CCNC2)nc1CC. The van der Waals surface area contributed by atoms with Crippen LogP contribution in [0.15, 0.2) is 0 Å². The molecule has 1 N–H and O–H groups in total. The lowest BCUT2D eigenvalue weighted by Gasteiger charge is -2.10. The van der Waals surface area contributed by atoms with Gasteiger partial charge < -0.3 is 10.1 Å². The zero-order chi connectivity index (χ0) is 12.1. The van der Waals surface area contributed by atoms with Crippen LogP contribution in [0.1, 0.15) is 31.7 Å². The van der Waals surface area contributed by atoms with Gasteiger partial charge in [-0.2, -0.15) is 4.98 Å². The normalized spacial score (nSPS) is 19.5. The Morgan fingerprint density at radius 2 is 2.06 bits per heavy atom. The summed E-state index contributed by atoms with van der Waals surface area (Å²) in [6.45, 7) is 6.94. The zero-order valence-electron chi connectivity index (χ0n) is 10.6. The van der Waals surface area contributed by atoms with Crippen molar-refractivity contribution in [1.29, 1.82) is 0 Å². The van der Waals surface area contributed by atoms with Crippen LogP contribution in [0.2, 0.25) is 0 Å². The van der Waals surface area contributed by atoms with Crippen LogP contribution < -0.4 is 10.1 Å². The molecule has 0 radical (unpaired) electrons. The van der Waals surface area contributed by atoms with Gasteiger partial charge in [0.25, 0.3) is 0 Å². The second-order valence-electron chi connectivity index (χ2n) is 4.36. The number of hydrogen-bond acceptors (Lipinski definition) is 5. The minimum absolute atomic E-state index is 0.422. The van der Waals surface area contributed by atoms with E-state index in [4.69, 9.17) is 4.74 Å². The van der Waals surface area contributed by atoms with Gasteiger partial charge >= 0.3 is 6.01 Å². The number of hydrogen-bond donors (Lipinski definition) is 1. The van der Waals surface area contributed by atoms with E-state index in [1.807, 2.05) is 0 Å². The molecule has 2 heterocycles. The van der Waals surface area contributed by atoms with Gasteiger partial charge in [-0.05, 0) is 25.8 Å². The Morgan fingerprint density at radius 3 is 2.71 bits per heavy atom. The molecule has 5 nitrogen and oxygen atoms in total. The summed E-state index contributed by atoms with van der Waals surface area (Å²) in [7, 11) is 0. The average Bonchev–Trinajstić information content (AvgIpc) is 2.89. The summed E-state index contributed by atoms with van der Waals surface area (Å²) in [5.41, 5.74) is 1.98. The van der Waals surface area contributed by atoms with Crippen molar-refractivity contribution in [3.8, 4) is 6.01 Å². The van der Waals surface area contributed by atoms with E-state index in [0.29, 0.717) is 18.5 Å². The first kappa shape index (κ1) is 12.2. The summed E-state index contributed by atoms with van der Waals surface area (Å²) in [6, 6.07) is 0.422. The summed E-state index contributed by atoms with van der Waals surface area (Å²) in [6.07, 6.45) is 2.91. The average molecular weight is 236 g/mol. The van der Waals surface area contributed by atoms with E-state index in [-0.39, 0.29) is 0 Å². The first-order valence-electron chi connectivity index (χ1n) is 6.39. The van der Waals surface area contributed by atoms with Gasteiger partial charge in [0.05, 0.1) is 18.0 Å². The minimum atomic E-state index is 0.422. The fraction of sp³-hybridized carbons (Fsp3) is 0.750. The Hall–Kier alpha value is -1.23. The molecule has 0 saturated carbocycles. The van der Waals surface area contributed by atoms with Gasteiger partial charge in [-0.25, -0.2) is 0 Å². The van der Waals surface area contributed by atoms with E-state index in [0.717, 1.165) is 37.3 Å². The molecule has 5 heteroatoms. The van der Waals surface area contributed by atoms with Crippen LogP contribution in [-0.4, -0.2) is 34.9 Å². The molecule has 0 spiro atoms. The Morgan fingerprint density at radius 1 is 1.24 bits per heavy atom. The van der Waals surface area contributed by atoms with Crippen molar-refractivity contribution in [2.75, 3.05) is 19.7 Å². The number of ether oxygens (including phenoxy) is 1. The van der Waals surface area contributed by atoms with E-state index < -0.39 is 0 Å². The lowest BCUT2D eigenvalue weighted by atomic mass is 10.1. The van der Waals surface area contributed by atoms with Crippen LogP contribution in [0.25, 0.3) is 0 Å². The van der Waals surface area contributed by atoms with Gasteiger partial charge in [0.1, 0.15) is 0 Å². The van der Waals surface area contributed by atoms with Gasteiger partial charge in [-0.1, -0.05) is 18.9 Å². The molecule has 0 bridgehead atoms. The van der Waals surface area contributed by atoms with Gasteiger partial charge in [0.15, 0.2) is 0 Å². The lowest BCUT2D eigenvalue weighted by Crippen LogP contribution is -2.17. The molecule has 1 saturated heterocycles. The van der Waals surface area contributed by atoms with Gasteiger partial charge in [0, 0.05) is 12.5 Å². The van der Waals surface area contributed by atoms with Crippen LogP contribution in [0.4, 0.5) is 0 Å². The Balaban J connectivity index is 1.95. The maximum atomic E-state index is 5.61. The highest BCUT2D eigenvalue weighted by Gasteiger charge is 2.16. The Labute approximate surface area is 102 Å². The molecule has 17 heavy (non-hydrogen) atoms. The molecule has 1 unspecified atom stereocenters. The molecule has 0 aromatic carbocycles. The molecule has 2 rings (SSSR count). The first-order valence-corrected chi connectivity index (χ1v) is 6.39. The lowest BCUT2D eigenvalue weighted by molar-refractivity contribution is 0.237. The number of rotatable bonds is 5. The second kappa shape index (κ2) is 5.91. The van der Waals surface area contributed by atoms with Crippen LogP contribution in [-0.2, 0) is 12.8 Å². The fourth-order valence-electron chi connectivity index (χ4n) is 2.03. The third-order valence-electron chi connectivity index (χ3n) is 3.10. The third kappa shape index (κ3) is 3.12. The van der Waals surface area contributed by atoms with Gasteiger partial charge in [0.2, 0.25) is 0 Å². The summed E-state index contributed by atoms with van der Waals surface area (Å²) in [5.74, 6) is 0.578. The summed E-state index contributed by atoms with van der Waals surface area (Å²) >= 11 is 0. The number of aryl methyl sites for hydroxylation is 2. The number of nitrogens with zero attached hydrogens (tertiary/aromatic N) is 3.